The molecule has 0 aliphatic heterocycles. The molecule has 0 radical (unpaired) electrons. The number of hydrogen-bond acceptors (Lipinski definition) is 1. The standard InChI is InChI=1S/C10H8INO/c1-6-4-10(13)12-9-3-2-7(11)5-8(6)9/h2-5H,1H3,(H,12,13). The van der Waals surface area contributed by atoms with Gasteiger partial charge < -0.3 is 4.98 Å². The maximum atomic E-state index is 11.1. The predicted molar refractivity (Wildman–Crippen MR) is 62.0 cm³/mol. The predicted octanol–water partition coefficient (Wildman–Crippen LogP) is 2.44. The highest BCUT2D eigenvalue weighted by Gasteiger charge is 1.99. The minimum absolute atomic E-state index is 0.0359. The van der Waals surface area contributed by atoms with Crippen molar-refractivity contribution < 1.29 is 0 Å². The van der Waals surface area contributed by atoms with Gasteiger partial charge in [-0.15, -0.1) is 0 Å². The Balaban J connectivity index is 2.95. The molecular weight excluding hydrogens is 277 g/mol. The van der Waals surface area contributed by atoms with Crippen LogP contribution in [0.3, 0.4) is 0 Å². The number of aryl methyl sites for hydroxylation is 1. The molecule has 0 saturated heterocycles. The van der Waals surface area contributed by atoms with Gasteiger partial charge in [-0.25, -0.2) is 0 Å². The van der Waals surface area contributed by atoms with Crippen LogP contribution in [0.25, 0.3) is 10.9 Å². The number of fused-ring (bicyclic) bond motifs is 1. The summed E-state index contributed by atoms with van der Waals surface area (Å²) in [5.74, 6) is 0. The molecule has 0 atom stereocenters. The van der Waals surface area contributed by atoms with Gasteiger partial charge in [0.2, 0.25) is 5.56 Å². The summed E-state index contributed by atoms with van der Waals surface area (Å²) in [5.41, 5.74) is 1.90. The molecule has 0 bridgehead atoms. The zero-order chi connectivity index (χ0) is 9.42. The lowest BCUT2D eigenvalue weighted by atomic mass is 10.1. The van der Waals surface area contributed by atoms with Crippen molar-refractivity contribution in [3.8, 4) is 0 Å². The smallest absolute Gasteiger partial charge is 0.248 e. The maximum Gasteiger partial charge on any atom is 0.248 e. The summed E-state index contributed by atoms with van der Waals surface area (Å²) in [4.78, 5) is 13.9. The molecule has 0 amide bonds. The van der Waals surface area contributed by atoms with E-state index in [1.165, 1.54) is 3.57 Å². The maximum absolute atomic E-state index is 11.1. The summed E-state index contributed by atoms with van der Waals surface area (Å²) in [6.45, 7) is 1.95. The second-order valence-electron chi connectivity index (χ2n) is 3.01. The first-order valence-electron chi connectivity index (χ1n) is 3.96. The van der Waals surface area contributed by atoms with Crippen molar-refractivity contribution in [1.82, 2.24) is 4.98 Å². The molecule has 0 fully saturated rings. The zero-order valence-electron chi connectivity index (χ0n) is 7.10. The Bertz CT molecular complexity index is 516. The Morgan fingerprint density at radius 2 is 2.08 bits per heavy atom. The average molecular weight is 285 g/mol. The van der Waals surface area contributed by atoms with Crippen LogP contribution in [0.5, 0.6) is 0 Å². The van der Waals surface area contributed by atoms with Crippen molar-refractivity contribution >= 4 is 33.5 Å². The van der Waals surface area contributed by atoms with Gasteiger partial charge in [0.25, 0.3) is 0 Å². The third-order valence-corrected chi connectivity index (χ3v) is 2.68. The van der Waals surface area contributed by atoms with Crippen LogP contribution in [0.2, 0.25) is 0 Å². The number of halogens is 1. The molecule has 2 nitrogen and oxygen atoms in total. The molecule has 1 N–H and O–H groups in total. The van der Waals surface area contributed by atoms with Crippen LogP contribution in [0.15, 0.2) is 29.1 Å². The largest absolute Gasteiger partial charge is 0.322 e. The van der Waals surface area contributed by atoms with Crippen LogP contribution in [-0.4, -0.2) is 4.98 Å². The van der Waals surface area contributed by atoms with E-state index in [4.69, 9.17) is 0 Å². The van der Waals surface area contributed by atoms with Gasteiger partial charge in [-0.2, -0.15) is 0 Å². The molecule has 2 rings (SSSR count). The first kappa shape index (κ1) is 8.74. The van der Waals surface area contributed by atoms with Gasteiger partial charge in [-0.3, -0.25) is 4.79 Å². The highest BCUT2D eigenvalue weighted by molar-refractivity contribution is 14.1. The van der Waals surface area contributed by atoms with E-state index in [1.54, 1.807) is 6.07 Å². The van der Waals surface area contributed by atoms with Gasteiger partial charge in [0.05, 0.1) is 0 Å². The lowest BCUT2D eigenvalue weighted by Crippen LogP contribution is -2.04. The number of aromatic nitrogens is 1. The SMILES string of the molecule is Cc1cc(=O)[nH]c2ccc(I)cc12. The fourth-order valence-electron chi connectivity index (χ4n) is 1.39. The van der Waals surface area contributed by atoms with E-state index < -0.39 is 0 Å². The van der Waals surface area contributed by atoms with Gasteiger partial charge in [0.1, 0.15) is 0 Å². The van der Waals surface area contributed by atoms with E-state index in [-0.39, 0.29) is 5.56 Å². The molecule has 3 heteroatoms. The van der Waals surface area contributed by atoms with Gasteiger partial charge in [-0.05, 0) is 53.3 Å². The molecule has 0 unspecified atom stereocenters. The van der Waals surface area contributed by atoms with Crippen molar-refractivity contribution in [3.05, 3.63) is 43.8 Å². The first-order chi connectivity index (χ1) is 6.16. The summed E-state index contributed by atoms with van der Waals surface area (Å²) < 4.78 is 1.18. The first-order valence-corrected chi connectivity index (χ1v) is 5.04. The van der Waals surface area contributed by atoms with Crippen molar-refractivity contribution in [2.24, 2.45) is 0 Å². The topological polar surface area (TPSA) is 32.9 Å². The number of aromatic amines is 1. The van der Waals surface area contributed by atoms with E-state index in [1.807, 2.05) is 19.1 Å². The third-order valence-electron chi connectivity index (χ3n) is 2.01. The average Bonchev–Trinajstić information content (AvgIpc) is 2.06. The zero-order valence-corrected chi connectivity index (χ0v) is 9.25. The monoisotopic (exact) mass is 285 g/mol. The normalized spacial score (nSPS) is 10.6. The Morgan fingerprint density at radius 3 is 2.85 bits per heavy atom. The summed E-state index contributed by atoms with van der Waals surface area (Å²) >= 11 is 2.26. The van der Waals surface area contributed by atoms with E-state index in [0.29, 0.717) is 0 Å². The lowest BCUT2D eigenvalue weighted by Gasteiger charge is -2.01. The highest BCUT2D eigenvalue weighted by Crippen LogP contribution is 2.17. The molecular formula is C10H8INO. The number of pyridine rings is 1. The number of benzene rings is 1. The Morgan fingerprint density at radius 1 is 1.31 bits per heavy atom. The van der Waals surface area contributed by atoms with E-state index in [2.05, 4.69) is 33.6 Å². The van der Waals surface area contributed by atoms with E-state index in [0.717, 1.165) is 16.5 Å². The quantitative estimate of drug-likeness (QED) is 0.741. The third kappa shape index (κ3) is 1.60. The van der Waals surface area contributed by atoms with Crippen LogP contribution in [-0.2, 0) is 0 Å². The van der Waals surface area contributed by atoms with Gasteiger partial charge in [0.15, 0.2) is 0 Å². The molecule has 0 spiro atoms. The number of nitrogens with one attached hydrogen (secondary N) is 1. The molecule has 0 aliphatic rings. The molecule has 1 heterocycles. The second kappa shape index (κ2) is 3.14. The van der Waals surface area contributed by atoms with Crippen LogP contribution >= 0.6 is 22.6 Å². The number of hydrogen-bond donors (Lipinski definition) is 1. The van der Waals surface area contributed by atoms with Crippen molar-refractivity contribution in [1.29, 1.82) is 0 Å². The van der Waals surface area contributed by atoms with Crippen LogP contribution in [0.1, 0.15) is 5.56 Å². The Hall–Kier alpha value is -0.840. The van der Waals surface area contributed by atoms with Gasteiger partial charge in [0, 0.05) is 20.5 Å². The molecule has 66 valence electrons. The van der Waals surface area contributed by atoms with Crippen LogP contribution < -0.4 is 5.56 Å². The molecule has 1 aromatic carbocycles. The molecule has 0 saturated carbocycles. The molecule has 13 heavy (non-hydrogen) atoms. The fourth-order valence-corrected chi connectivity index (χ4v) is 1.89. The molecule has 2 aromatic rings. The molecule has 0 aliphatic carbocycles. The van der Waals surface area contributed by atoms with Crippen LogP contribution in [0, 0.1) is 10.5 Å². The van der Waals surface area contributed by atoms with Gasteiger partial charge in [-0.1, -0.05) is 0 Å². The minimum atomic E-state index is -0.0359. The van der Waals surface area contributed by atoms with Crippen molar-refractivity contribution in [3.63, 3.8) is 0 Å². The summed E-state index contributed by atoms with van der Waals surface area (Å²) in [5, 5.41) is 1.12. The molecule has 1 aromatic heterocycles. The van der Waals surface area contributed by atoms with Crippen molar-refractivity contribution in [2.75, 3.05) is 0 Å². The van der Waals surface area contributed by atoms with Crippen molar-refractivity contribution in [2.45, 2.75) is 6.92 Å². The summed E-state index contributed by atoms with van der Waals surface area (Å²) in [7, 11) is 0. The van der Waals surface area contributed by atoms with E-state index in [9.17, 15) is 4.79 Å². The minimum Gasteiger partial charge on any atom is -0.322 e. The van der Waals surface area contributed by atoms with Crippen LogP contribution in [0.4, 0.5) is 0 Å². The highest BCUT2D eigenvalue weighted by atomic mass is 127. The lowest BCUT2D eigenvalue weighted by molar-refractivity contribution is 1.28. The summed E-state index contributed by atoms with van der Waals surface area (Å²) in [6, 6.07) is 7.61. The Kier molecular flexibility index (Phi) is 2.11. The summed E-state index contributed by atoms with van der Waals surface area (Å²) in [6.07, 6.45) is 0. The second-order valence-corrected chi connectivity index (χ2v) is 4.25. The van der Waals surface area contributed by atoms with Gasteiger partial charge >= 0.3 is 0 Å². The number of H-pyrrole nitrogens is 1. The van der Waals surface area contributed by atoms with E-state index >= 15 is 0 Å². The Labute approximate surface area is 89.1 Å². The number of rotatable bonds is 0. The fraction of sp³-hybridized carbons (Fsp3) is 0.100.